The van der Waals surface area contributed by atoms with Crippen LogP contribution in [0.4, 0.5) is 51.2 Å². The molecule has 4 aliphatic rings. The summed E-state index contributed by atoms with van der Waals surface area (Å²) in [6.45, 7) is 6.66. The van der Waals surface area contributed by atoms with E-state index in [1.165, 1.54) is 106 Å². The fourth-order valence-electron chi connectivity index (χ4n) is 12.6. The molecule has 0 radical (unpaired) electrons. The van der Waals surface area contributed by atoms with Crippen molar-refractivity contribution in [3.63, 3.8) is 0 Å². The minimum Gasteiger partial charge on any atom is -0.311 e. The first-order valence-electron chi connectivity index (χ1n) is 23.9. The molecule has 14 rings (SSSR count). The molecule has 320 valence electrons. The van der Waals surface area contributed by atoms with Crippen molar-refractivity contribution in [2.45, 2.75) is 26.2 Å². The number of hydrogen-bond donors (Lipinski definition) is 0. The van der Waals surface area contributed by atoms with Gasteiger partial charge in [0.1, 0.15) is 0 Å². The predicted octanol–water partition coefficient (Wildman–Crippen LogP) is 14.5. The third kappa shape index (κ3) is 5.37. The van der Waals surface area contributed by atoms with Crippen molar-refractivity contribution in [2.75, 3.05) is 14.7 Å². The molecule has 2 aliphatic heterocycles. The molecule has 0 atom stereocenters. The van der Waals surface area contributed by atoms with E-state index in [1.807, 2.05) is 0 Å². The highest BCUT2D eigenvalue weighted by atomic mass is 15.2. The van der Waals surface area contributed by atoms with Crippen LogP contribution in [0.2, 0.25) is 0 Å². The van der Waals surface area contributed by atoms with E-state index in [2.05, 4.69) is 260 Å². The highest BCUT2D eigenvalue weighted by Gasteiger charge is 2.52. The number of fused-ring (bicyclic) bond motifs is 14. The summed E-state index contributed by atoms with van der Waals surface area (Å²) < 4.78 is 0. The number of anilines is 9. The molecule has 68 heavy (non-hydrogen) atoms. The van der Waals surface area contributed by atoms with Gasteiger partial charge in [0, 0.05) is 45.5 Å². The first-order valence-corrected chi connectivity index (χ1v) is 23.9. The third-order valence-electron chi connectivity index (χ3n) is 15.1. The molecule has 0 amide bonds. The van der Waals surface area contributed by atoms with Crippen LogP contribution in [0.1, 0.15) is 38.9 Å². The van der Waals surface area contributed by atoms with Crippen LogP contribution in [-0.2, 0) is 5.41 Å². The molecule has 3 nitrogen and oxygen atoms in total. The third-order valence-corrected chi connectivity index (χ3v) is 15.1. The maximum absolute atomic E-state index is 2.58. The van der Waals surface area contributed by atoms with Gasteiger partial charge in [-0.25, -0.2) is 0 Å². The molecule has 1 spiro atoms. The van der Waals surface area contributed by atoms with E-state index in [0.717, 1.165) is 22.7 Å². The van der Waals surface area contributed by atoms with Crippen LogP contribution in [0.5, 0.6) is 0 Å². The molecule has 0 fully saturated rings. The van der Waals surface area contributed by atoms with Crippen LogP contribution in [0.15, 0.2) is 224 Å². The summed E-state index contributed by atoms with van der Waals surface area (Å²) in [4.78, 5) is 7.55. The largest absolute Gasteiger partial charge is 0.311 e. The van der Waals surface area contributed by atoms with Gasteiger partial charge in [0.25, 0.3) is 6.71 Å². The quantitative estimate of drug-likeness (QED) is 0.160. The molecule has 0 aromatic heterocycles. The summed E-state index contributed by atoms with van der Waals surface area (Å²) in [7, 11) is 0. The number of nitrogens with zero attached hydrogens (tertiary/aromatic N) is 3. The van der Waals surface area contributed by atoms with Crippen molar-refractivity contribution in [1.29, 1.82) is 0 Å². The SMILES string of the molecule is Cc1cc(C)cc(N2c3cc(C)ccc3B3c4ccccc4N(c4ccc5c(c4)-c4ccccc4C54c5ccccc5-c5ccccc54)c4cc(N(c5ccccc5)c5ccccc5)cc2c43)c1. The molecule has 0 unspecified atom stereocenters. The fourth-order valence-corrected chi connectivity index (χ4v) is 12.6. The maximum Gasteiger partial charge on any atom is 0.252 e. The molecule has 4 heteroatoms. The zero-order valence-electron chi connectivity index (χ0n) is 38.3. The Morgan fingerprint density at radius 3 is 1.46 bits per heavy atom. The predicted molar refractivity (Wildman–Crippen MR) is 286 cm³/mol. The van der Waals surface area contributed by atoms with E-state index in [1.54, 1.807) is 0 Å². The average molecular weight is 868 g/mol. The van der Waals surface area contributed by atoms with Gasteiger partial charge in [-0.15, -0.1) is 0 Å². The van der Waals surface area contributed by atoms with Gasteiger partial charge in [0.15, 0.2) is 0 Å². The Labute approximate surface area is 398 Å². The second kappa shape index (κ2) is 14.6. The number of hydrogen-bond acceptors (Lipinski definition) is 3. The topological polar surface area (TPSA) is 9.72 Å². The first kappa shape index (κ1) is 38.9. The van der Waals surface area contributed by atoms with Crippen LogP contribution < -0.4 is 31.1 Å². The smallest absolute Gasteiger partial charge is 0.252 e. The van der Waals surface area contributed by atoms with E-state index in [4.69, 9.17) is 0 Å². The molecule has 0 N–H and O–H groups in total. The Morgan fingerprint density at radius 2 is 0.838 bits per heavy atom. The van der Waals surface area contributed by atoms with E-state index in [9.17, 15) is 0 Å². The van der Waals surface area contributed by atoms with Gasteiger partial charge in [0.05, 0.1) is 11.1 Å². The van der Waals surface area contributed by atoms with Crippen LogP contribution in [0.3, 0.4) is 0 Å². The second-order valence-electron chi connectivity index (χ2n) is 19.1. The fraction of sp³-hybridized carbons (Fsp3) is 0.0625. The van der Waals surface area contributed by atoms with Crippen molar-refractivity contribution in [3.05, 3.63) is 263 Å². The molecule has 0 saturated carbocycles. The standard InChI is InChI=1S/C64H46BN3/c1-41-30-33-58-60(37-41)68(47-35-42(2)34-43(3)36-47)62-40-48(66(44-18-6-4-7-19-44)45-20-8-5-9-21-45)39-61-63(62)65(58)57-28-16-17-29-59(57)67(61)46-31-32-56-52(38-46)51-24-12-15-27-55(51)64(56)53-25-13-10-22-49(53)50-23-11-14-26-54(50)64/h4-40H,1-3H3. The molecule has 10 aromatic rings. The summed E-state index contributed by atoms with van der Waals surface area (Å²) in [5.74, 6) is 0. The molecule has 2 heterocycles. The Balaban J connectivity index is 1.08. The summed E-state index contributed by atoms with van der Waals surface area (Å²) in [6.07, 6.45) is 0. The van der Waals surface area contributed by atoms with Gasteiger partial charge < -0.3 is 14.7 Å². The normalized spacial score (nSPS) is 13.8. The van der Waals surface area contributed by atoms with Crippen molar-refractivity contribution < 1.29 is 0 Å². The Bertz CT molecular complexity index is 3600. The van der Waals surface area contributed by atoms with E-state index < -0.39 is 5.41 Å². The Hall–Kier alpha value is -8.34. The lowest BCUT2D eigenvalue weighted by atomic mass is 9.33. The molecular weight excluding hydrogens is 822 g/mol. The zero-order valence-corrected chi connectivity index (χ0v) is 38.3. The van der Waals surface area contributed by atoms with Gasteiger partial charge in [-0.1, -0.05) is 152 Å². The number of rotatable bonds is 5. The minimum absolute atomic E-state index is 0.00562. The molecule has 10 aromatic carbocycles. The van der Waals surface area contributed by atoms with Crippen LogP contribution in [-0.4, -0.2) is 6.71 Å². The molecule has 0 saturated heterocycles. The maximum atomic E-state index is 2.58. The summed E-state index contributed by atoms with van der Waals surface area (Å²) in [5, 5.41) is 0. The number of aryl methyl sites for hydroxylation is 3. The van der Waals surface area contributed by atoms with Crippen LogP contribution in [0.25, 0.3) is 22.3 Å². The van der Waals surface area contributed by atoms with E-state index >= 15 is 0 Å². The van der Waals surface area contributed by atoms with Gasteiger partial charge >= 0.3 is 0 Å². The van der Waals surface area contributed by atoms with E-state index in [-0.39, 0.29) is 6.71 Å². The second-order valence-corrected chi connectivity index (χ2v) is 19.1. The molecular formula is C64H46BN3. The average Bonchev–Trinajstić information content (AvgIpc) is 3.84. The van der Waals surface area contributed by atoms with Gasteiger partial charge in [-0.05, 0) is 171 Å². The zero-order chi connectivity index (χ0) is 45.3. The van der Waals surface area contributed by atoms with Crippen LogP contribution in [0, 0.1) is 20.8 Å². The van der Waals surface area contributed by atoms with Crippen molar-refractivity contribution in [1.82, 2.24) is 0 Å². The summed E-state index contributed by atoms with van der Waals surface area (Å²) in [5.41, 5.74) is 28.2. The van der Waals surface area contributed by atoms with E-state index in [0.29, 0.717) is 0 Å². The Kier molecular flexibility index (Phi) is 8.34. The van der Waals surface area contributed by atoms with Crippen molar-refractivity contribution >= 4 is 74.3 Å². The highest BCUT2D eigenvalue weighted by molar-refractivity contribution is 7.00. The summed E-state index contributed by atoms with van der Waals surface area (Å²) >= 11 is 0. The highest BCUT2D eigenvalue weighted by Crippen LogP contribution is 2.63. The van der Waals surface area contributed by atoms with Crippen LogP contribution >= 0.6 is 0 Å². The molecule has 0 bridgehead atoms. The lowest BCUT2D eigenvalue weighted by Crippen LogP contribution is -2.61. The van der Waals surface area contributed by atoms with Gasteiger partial charge in [-0.3, -0.25) is 0 Å². The number of benzene rings is 10. The number of para-hydroxylation sites is 3. The lowest BCUT2D eigenvalue weighted by molar-refractivity contribution is 0.794. The lowest BCUT2D eigenvalue weighted by Gasteiger charge is -2.45. The molecule has 2 aliphatic carbocycles. The van der Waals surface area contributed by atoms with Gasteiger partial charge in [0.2, 0.25) is 0 Å². The monoisotopic (exact) mass is 867 g/mol. The van der Waals surface area contributed by atoms with Crippen molar-refractivity contribution in [2.24, 2.45) is 0 Å². The van der Waals surface area contributed by atoms with Gasteiger partial charge in [-0.2, -0.15) is 0 Å². The van der Waals surface area contributed by atoms with Crippen molar-refractivity contribution in [3.8, 4) is 22.3 Å². The first-order chi connectivity index (χ1) is 33.5. The minimum atomic E-state index is -0.415. The summed E-state index contributed by atoms with van der Waals surface area (Å²) in [6, 6.07) is 84.5. The Morgan fingerprint density at radius 1 is 0.338 bits per heavy atom.